The van der Waals surface area contributed by atoms with Crippen LogP contribution in [0.25, 0.3) is 0 Å². The highest BCUT2D eigenvalue weighted by molar-refractivity contribution is 7.92. The monoisotopic (exact) mass is 428 g/mol. The van der Waals surface area contributed by atoms with Crippen molar-refractivity contribution in [1.29, 1.82) is 0 Å². The smallest absolute Gasteiger partial charge is 0.262 e. The second-order valence-corrected chi connectivity index (χ2v) is 8.11. The maximum atomic E-state index is 13.8. The lowest BCUT2D eigenvalue weighted by molar-refractivity contribution is 0.102. The van der Waals surface area contributed by atoms with Crippen LogP contribution in [0.5, 0.6) is 11.5 Å². The van der Waals surface area contributed by atoms with E-state index in [1.54, 1.807) is 18.2 Å². The van der Waals surface area contributed by atoms with Gasteiger partial charge in [-0.2, -0.15) is 0 Å². The largest absolute Gasteiger partial charge is 0.486 e. The molecule has 0 aromatic heterocycles. The van der Waals surface area contributed by atoms with Crippen LogP contribution in [-0.4, -0.2) is 27.5 Å². The number of rotatable bonds is 5. The van der Waals surface area contributed by atoms with Gasteiger partial charge in [-0.15, -0.1) is 0 Å². The highest BCUT2D eigenvalue weighted by atomic mass is 32.2. The van der Waals surface area contributed by atoms with E-state index in [9.17, 15) is 17.6 Å². The number of anilines is 2. The van der Waals surface area contributed by atoms with Gasteiger partial charge in [0.05, 0.1) is 10.6 Å². The van der Waals surface area contributed by atoms with Gasteiger partial charge in [0.2, 0.25) is 0 Å². The van der Waals surface area contributed by atoms with Gasteiger partial charge >= 0.3 is 0 Å². The Morgan fingerprint density at radius 1 is 0.900 bits per heavy atom. The lowest BCUT2D eigenvalue weighted by Gasteiger charge is -2.19. The molecule has 154 valence electrons. The fraction of sp³-hybridized carbons (Fsp3) is 0.0952. The zero-order chi connectivity index (χ0) is 21.1. The van der Waals surface area contributed by atoms with E-state index in [0.717, 1.165) is 6.07 Å². The highest BCUT2D eigenvalue weighted by Gasteiger charge is 2.19. The van der Waals surface area contributed by atoms with Crippen LogP contribution in [0.15, 0.2) is 71.6 Å². The Kier molecular flexibility index (Phi) is 5.28. The van der Waals surface area contributed by atoms with Gasteiger partial charge in [0.15, 0.2) is 11.5 Å². The average molecular weight is 428 g/mol. The summed E-state index contributed by atoms with van der Waals surface area (Å²) < 4.78 is 52.1. The SMILES string of the molecule is O=C(Nc1ccc2c(c1)OCCO2)c1cccc(S(=O)(=O)Nc2ccccc2F)c1. The molecule has 0 atom stereocenters. The van der Waals surface area contributed by atoms with Gasteiger partial charge in [0.25, 0.3) is 15.9 Å². The first-order valence-corrected chi connectivity index (χ1v) is 10.5. The number of sulfonamides is 1. The van der Waals surface area contributed by atoms with Gasteiger partial charge in [-0.05, 0) is 42.5 Å². The van der Waals surface area contributed by atoms with Crippen molar-refractivity contribution in [3.63, 3.8) is 0 Å². The second kappa shape index (κ2) is 8.03. The summed E-state index contributed by atoms with van der Waals surface area (Å²) in [5.74, 6) is -0.0979. The molecule has 0 saturated carbocycles. The molecule has 0 fully saturated rings. The molecule has 30 heavy (non-hydrogen) atoms. The van der Waals surface area contributed by atoms with E-state index in [0.29, 0.717) is 30.4 Å². The fourth-order valence-electron chi connectivity index (χ4n) is 2.88. The molecule has 0 spiro atoms. The quantitative estimate of drug-likeness (QED) is 0.647. The van der Waals surface area contributed by atoms with Crippen molar-refractivity contribution in [1.82, 2.24) is 0 Å². The summed E-state index contributed by atoms with van der Waals surface area (Å²) in [4.78, 5) is 12.4. The van der Waals surface area contributed by atoms with Crippen molar-refractivity contribution in [3.8, 4) is 11.5 Å². The van der Waals surface area contributed by atoms with Crippen LogP contribution < -0.4 is 19.5 Å². The maximum Gasteiger partial charge on any atom is 0.262 e. The molecule has 1 heterocycles. The minimum absolute atomic E-state index is 0.126. The Labute approximate surface area is 172 Å². The number of carbonyl (C=O) groups is 1. The van der Waals surface area contributed by atoms with E-state index in [1.165, 1.54) is 42.5 Å². The van der Waals surface area contributed by atoms with Crippen LogP contribution in [0.3, 0.4) is 0 Å². The summed E-state index contributed by atoms with van der Waals surface area (Å²) in [7, 11) is -4.08. The predicted octanol–water partition coefficient (Wildman–Crippen LogP) is 3.65. The molecule has 2 N–H and O–H groups in total. The Hall–Kier alpha value is -3.59. The standard InChI is InChI=1S/C21H17FN2O5S/c22-17-6-1-2-7-18(17)24-30(26,27)16-5-3-4-14(12-16)21(25)23-15-8-9-19-20(13-15)29-11-10-28-19/h1-9,12-13,24H,10-11H2,(H,23,25). The molecular formula is C21H17FN2O5S. The maximum absolute atomic E-state index is 13.8. The van der Waals surface area contributed by atoms with E-state index in [2.05, 4.69) is 10.0 Å². The number of hydrogen-bond donors (Lipinski definition) is 2. The van der Waals surface area contributed by atoms with E-state index in [1.807, 2.05) is 0 Å². The summed E-state index contributed by atoms with van der Waals surface area (Å²) in [5, 5.41) is 2.70. The van der Waals surface area contributed by atoms with E-state index >= 15 is 0 Å². The third-order valence-electron chi connectivity index (χ3n) is 4.32. The second-order valence-electron chi connectivity index (χ2n) is 6.43. The number of benzene rings is 3. The molecule has 0 unspecified atom stereocenters. The number of ether oxygens (including phenoxy) is 2. The average Bonchev–Trinajstić information content (AvgIpc) is 2.75. The van der Waals surface area contributed by atoms with Crippen LogP contribution in [0.1, 0.15) is 10.4 Å². The lowest BCUT2D eigenvalue weighted by Crippen LogP contribution is -2.17. The van der Waals surface area contributed by atoms with Gasteiger partial charge < -0.3 is 14.8 Å². The van der Waals surface area contributed by atoms with Crippen molar-refractivity contribution in [3.05, 3.63) is 78.1 Å². The first kappa shape index (κ1) is 19.7. The molecule has 1 amide bonds. The number of hydrogen-bond acceptors (Lipinski definition) is 5. The molecule has 0 saturated heterocycles. The van der Waals surface area contributed by atoms with Gasteiger partial charge in [-0.1, -0.05) is 18.2 Å². The van der Waals surface area contributed by atoms with Gasteiger partial charge in [-0.25, -0.2) is 12.8 Å². The third kappa shape index (κ3) is 4.20. The molecule has 9 heteroatoms. The number of fused-ring (bicyclic) bond motifs is 1. The van der Waals surface area contributed by atoms with Crippen molar-refractivity contribution >= 4 is 27.3 Å². The number of halogens is 1. The summed E-state index contributed by atoms with van der Waals surface area (Å²) in [5.41, 5.74) is 0.423. The Morgan fingerprint density at radius 3 is 2.47 bits per heavy atom. The van der Waals surface area contributed by atoms with Crippen LogP contribution in [0.4, 0.5) is 15.8 Å². The minimum Gasteiger partial charge on any atom is -0.486 e. The normalized spacial score (nSPS) is 12.8. The number of carbonyl (C=O) groups excluding carboxylic acids is 1. The molecule has 3 aromatic carbocycles. The van der Waals surface area contributed by atoms with Crippen LogP contribution >= 0.6 is 0 Å². The zero-order valence-corrected chi connectivity index (χ0v) is 16.4. The molecule has 0 radical (unpaired) electrons. The molecule has 7 nitrogen and oxygen atoms in total. The molecule has 0 aliphatic carbocycles. The van der Waals surface area contributed by atoms with Gasteiger partial charge in [-0.3, -0.25) is 9.52 Å². The minimum atomic E-state index is -4.08. The van der Waals surface area contributed by atoms with Crippen LogP contribution in [0, 0.1) is 5.82 Å². The third-order valence-corrected chi connectivity index (χ3v) is 5.69. The summed E-state index contributed by atoms with van der Waals surface area (Å²) in [6.45, 7) is 0.875. The summed E-state index contributed by atoms with van der Waals surface area (Å²) in [6, 6.07) is 15.9. The number of para-hydroxylation sites is 1. The molecule has 0 bridgehead atoms. The number of amides is 1. The lowest BCUT2D eigenvalue weighted by atomic mass is 10.2. The zero-order valence-electron chi connectivity index (χ0n) is 15.6. The molecule has 1 aliphatic heterocycles. The predicted molar refractivity (Wildman–Crippen MR) is 109 cm³/mol. The highest BCUT2D eigenvalue weighted by Crippen LogP contribution is 2.32. The molecule has 1 aliphatic rings. The topological polar surface area (TPSA) is 93.7 Å². The van der Waals surface area contributed by atoms with Gasteiger partial charge in [0, 0.05) is 17.3 Å². The van der Waals surface area contributed by atoms with Crippen molar-refractivity contribution in [2.45, 2.75) is 4.90 Å². The number of nitrogens with one attached hydrogen (secondary N) is 2. The summed E-state index contributed by atoms with van der Waals surface area (Å²) in [6.07, 6.45) is 0. The van der Waals surface area contributed by atoms with Gasteiger partial charge in [0.1, 0.15) is 19.0 Å². The van der Waals surface area contributed by atoms with E-state index < -0.39 is 21.7 Å². The molecular weight excluding hydrogens is 411 g/mol. The Balaban J connectivity index is 1.54. The van der Waals surface area contributed by atoms with E-state index in [-0.39, 0.29) is 16.1 Å². The van der Waals surface area contributed by atoms with E-state index in [4.69, 9.17) is 9.47 Å². The molecule has 4 rings (SSSR count). The van der Waals surface area contributed by atoms with Crippen LogP contribution in [0.2, 0.25) is 0 Å². The first-order valence-electron chi connectivity index (χ1n) is 9.01. The Bertz CT molecular complexity index is 1210. The van der Waals surface area contributed by atoms with Crippen LogP contribution in [-0.2, 0) is 10.0 Å². The Morgan fingerprint density at radius 2 is 1.67 bits per heavy atom. The summed E-state index contributed by atoms with van der Waals surface area (Å²) >= 11 is 0. The van der Waals surface area contributed by atoms with Crippen molar-refractivity contribution in [2.24, 2.45) is 0 Å². The van der Waals surface area contributed by atoms with Crippen molar-refractivity contribution in [2.75, 3.05) is 23.3 Å². The fourth-order valence-corrected chi connectivity index (χ4v) is 3.99. The van der Waals surface area contributed by atoms with Crippen molar-refractivity contribution < 1.29 is 27.1 Å². The molecule has 3 aromatic rings. The first-order chi connectivity index (χ1) is 14.4.